The van der Waals surface area contributed by atoms with Crippen LogP contribution >= 0.6 is 11.6 Å². The minimum absolute atomic E-state index is 0.192. The summed E-state index contributed by atoms with van der Waals surface area (Å²) in [4.78, 5) is 0. The summed E-state index contributed by atoms with van der Waals surface area (Å²) >= 11 is 5.93. The van der Waals surface area contributed by atoms with E-state index in [1.54, 1.807) is 19.4 Å². The molecule has 1 atom stereocenters. The minimum Gasteiger partial charge on any atom is -0.501 e. The molecule has 1 unspecified atom stereocenters. The summed E-state index contributed by atoms with van der Waals surface area (Å²) in [5.41, 5.74) is 8.26. The largest absolute Gasteiger partial charge is 0.501 e. The third-order valence-corrected chi connectivity index (χ3v) is 3.13. The normalized spacial score (nSPS) is 17.0. The van der Waals surface area contributed by atoms with E-state index in [0.717, 1.165) is 36.3 Å². The third kappa shape index (κ3) is 2.73. The Bertz CT molecular complexity index is 431. The fourth-order valence-electron chi connectivity index (χ4n) is 1.95. The highest BCUT2D eigenvalue weighted by molar-refractivity contribution is 6.30. The molecule has 3 nitrogen and oxygen atoms in total. The molecule has 0 aliphatic carbocycles. The Kier molecular flexibility index (Phi) is 3.92. The van der Waals surface area contributed by atoms with E-state index in [-0.39, 0.29) is 6.04 Å². The number of halogens is 1. The lowest BCUT2D eigenvalue weighted by molar-refractivity contribution is 0.221. The molecular formula is C13H16ClNO2. The molecule has 2 rings (SSSR count). The van der Waals surface area contributed by atoms with Gasteiger partial charge in [0.25, 0.3) is 0 Å². The topological polar surface area (TPSA) is 44.5 Å². The van der Waals surface area contributed by atoms with Gasteiger partial charge < -0.3 is 15.2 Å². The zero-order chi connectivity index (χ0) is 12.3. The predicted molar refractivity (Wildman–Crippen MR) is 68.2 cm³/mol. The van der Waals surface area contributed by atoms with Crippen molar-refractivity contribution in [2.45, 2.75) is 18.9 Å². The minimum atomic E-state index is -0.192. The molecule has 0 aromatic heterocycles. The van der Waals surface area contributed by atoms with Crippen LogP contribution in [0.3, 0.4) is 0 Å². The summed E-state index contributed by atoms with van der Waals surface area (Å²) < 4.78 is 10.6. The summed E-state index contributed by atoms with van der Waals surface area (Å²) in [6.07, 6.45) is 3.74. The quantitative estimate of drug-likeness (QED) is 0.901. The van der Waals surface area contributed by atoms with Crippen LogP contribution in [0.2, 0.25) is 5.02 Å². The van der Waals surface area contributed by atoms with E-state index in [9.17, 15) is 0 Å². The highest BCUT2D eigenvalue weighted by Crippen LogP contribution is 2.33. The van der Waals surface area contributed by atoms with Crippen LogP contribution in [0.25, 0.3) is 0 Å². The van der Waals surface area contributed by atoms with E-state index in [4.69, 9.17) is 26.8 Å². The van der Waals surface area contributed by atoms with Gasteiger partial charge in [0.2, 0.25) is 0 Å². The predicted octanol–water partition coefficient (Wildman–Crippen LogP) is 3.04. The van der Waals surface area contributed by atoms with Gasteiger partial charge in [-0.15, -0.1) is 0 Å². The van der Waals surface area contributed by atoms with Gasteiger partial charge in [-0.1, -0.05) is 17.7 Å². The highest BCUT2D eigenvalue weighted by atomic mass is 35.5. The fraction of sp³-hybridized carbons (Fsp3) is 0.385. The average Bonchev–Trinajstić information content (AvgIpc) is 2.39. The fourth-order valence-corrected chi connectivity index (χ4v) is 2.12. The van der Waals surface area contributed by atoms with E-state index < -0.39 is 0 Å². The second-order valence-electron chi connectivity index (χ2n) is 4.03. The van der Waals surface area contributed by atoms with Crippen LogP contribution in [-0.2, 0) is 4.74 Å². The van der Waals surface area contributed by atoms with Crippen molar-refractivity contribution in [3.8, 4) is 5.75 Å². The molecule has 92 valence electrons. The van der Waals surface area contributed by atoms with Crippen molar-refractivity contribution in [3.63, 3.8) is 0 Å². The van der Waals surface area contributed by atoms with E-state index in [1.165, 1.54) is 0 Å². The molecule has 0 radical (unpaired) electrons. The van der Waals surface area contributed by atoms with Crippen LogP contribution in [-0.4, -0.2) is 13.7 Å². The monoisotopic (exact) mass is 253 g/mol. The van der Waals surface area contributed by atoms with E-state index in [2.05, 4.69) is 0 Å². The molecule has 1 aliphatic rings. The van der Waals surface area contributed by atoms with Gasteiger partial charge in [-0.25, -0.2) is 0 Å². The lowest BCUT2D eigenvalue weighted by atomic mass is 9.95. The molecule has 0 bridgehead atoms. The van der Waals surface area contributed by atoms with E-state index in [1.807, 2.05) is 12.1 Å². The number of hydrogen-bond acceptors (Lipinski definition) is 3. The SMILES string of the molecule is COc1cc(Cl)ccc1C(N)C1=COCCC1. The summed E-state index contributed by atoms with van der Waals surface area (Å²) in [6.45, 7) is 0.772. The Hall–Kier alpha value is -1.19. The zero-order valence-electron chi connectivity index (χ0n) is 9.78. The summed E-state index contributed by atoms with van der Waals surface area (Å²) in [6, 6.07) is 5.31. The Morgan fingerprint density at radius 2 is 2.29 bits per heavy atom. The number of nitrogens with two attached hydrogens (primary N) is 1. The second-order valence-corrected chi connectivity index (χ2v) is 4.47. The summed E-state index contributed by atoms with van der Waals surface area (Å²) in [5, 5.41) is 0.645. The van der Waals surface area contributed by atoms with Gasteiger partial charge >= 0.3 is 0 Å². The maximum atomic E-state index is 6.22. The smallest absolute Gasteiger partial charge is 0.125 e. The lowest BCUT2D eigenvalue weighted by Gasteiger charge is -2.21. The van der Waals surface area contributed by atoms with Crippen LogP contribution in [0.15, 0.2) is 30.0 Å². The van der Waals surface area contributed by atoms with Crippen molar-refractivity contribution in [1.82, 2.24) is 0 Å². The maximum Gasteiger partial charge on any atom is 0.125 e. The molecule has 0 spiro atoms. The first kappa shape index (κ1) is 12.3. The number of benzene rings is 1. The average molecular weight is 254 g/mol. The van der Waals surface area contributed by atoms with Gasteiger partial charge in [-0.05, 0) is 30.5 Å². The number of ether oxygens (including phenoxy) is 2. The summed E-state index contributed by atoms with van der Waals surface area (Å²) in [5.74, 6) is 0.719. The zero-order valence-corrected chi connectivity index (χ0v) is 10.5. The van der Waals surface area contributed by atoms with Gasteiger partial charge in [0, 0.05) is 10.6 Å². The molecule has 1 aromatic rings. The first-order valence-electron chi connectivity index (χ1n) is 5.62. The van der Waals surface area contributed by atoms with Crippen molar-refractivity contribution in [2.75, 3.05) is 13.7 Å². The van der Waals surface area contributed by atoms with Crippen molar-refractivity contribution in [1.29, 1.82) is 0 Å². The van der Waals surface area contributed by atoms with Gasteiger partial charge in [0.15, 0.2) is 0 Å². The molecule has 4 heteroatoms. The van der Waals surface area contributed by atoms with Gasteiger partial charge in [0.05, 0.1) is 26.0 Å². The van der Waals surface area contributed by atoms with Crippen LogP contribution in [0, 0.1) is 0 Å². The summed E-state index contributed by atoms with van der Waals surface area (Å²) in [7, 11) is 1.62. The van der Waals surface area contributed by atoms with Crippen LogP contribution < -0.4 is 10.5 Å². The Labute approximate surface area is 106 Å². The van der Waals surface area contributed by atoms with Gasteiger partial charge in [-0.3, -0.25) is 0 Å². The van der Waals surface area contributed by atoms with E-state index in [0.29, 0.717) is 5.02 Å². The second kappa shape index (κ2) is 5.43. The van der Waals surface area contributed by atoms with Gasteiger partial charge in [-0.2, -0.15) is 0 Å². The molecule has 2 N–H and O–H groups in total. The molecule has 1 aliphatic heterocycles. The van der Waals surface area contributed by atoms with Gasteiger partial charge in [0.1, 0.15) is 5.75 Å². The number of methoxy groups -OCH3 is 1. The molecule has 0 saturated carbocycles. The third-order valence-electron chi connectivity index (χ3n) is 2.89. The maximum absolute atomic E-state index is 6.22. The Balaban J connectivity index is 2.29. The Morgan fingerprint density at radius 3 is 2.94 bits per heavy atom. The molecule has 0 fully saturated rings. The van der Waals surface area contributed by atoms with Crippen molar-refractivity contribution < 1.29 is 9.47 Å². The number of hydrogen-bond donors (Lipinski definition) is 1. The first-order valence-corrected chi connectivity index (χ1v) is 5.99. The highest BCUT2D eigenvalue weighted by Gasteiger charge is 2.18. The number of rotatable bonds is 3. The Morgan fingerprint density at radius 1 is 1.47 bits per heavy atom. The molecule has 0 saturated heterocycles. The van der Waals surface area contributed by atoms with E-state index >= 15 is 0 Å². The molecule has 1 heterocycles. The van der Waals surface area contributed by atoms with Crippen LogP contribution in [0.1, 0.15) is 24.4 Å². The lowest BCUT2D eigenvalue weighted by Crippen LogP contribution is -2.17. The van der Waals surface area contributed by atoms with Crippen molar-refractivity contribution in [2.24, 2.45) is 5.73 Å². The van der Waals surface area contributed by atoms with Crippen molar-refractivity contribution >= 4 is 11.6 Å². The molecule has 17 heavy (non-hydrogen) atoms. The van der Waals surface area contributed by atoms with Crippen molar-refractivity contribution in [3.05, 3.63) is 40.6 Å². The standard InChI is InChI=1S/C13H16ClNO2/c1-16-12-7-10(14)4-5-11(12)13(15)9-3-2-6-17-8-9/h4-5,7-8,13H,2-3,6,15H2,1H3. The van der Waals surface area contributed by atoms with Crippen LogP contribution in [0.5, 0.6) is 5.75 Å². The molecular weight excluding hydrogens is 238 g/mol. The molecule has 1 aromatic carbocycles. The molecule has 0 amide bonds. The van der Waals surface area contributed by atoms with Crippen LogP contribution in [0.4, 0.5) is 0 Å². The first-order chi connectivity index (χ1) is 8.22.